The highest BCUT2D eigenvalue weighted by Gasteiger charge is 2.70. The molecule has 15 N–H and O–H groups in total. The second-order valence-corrected chi connectivity index (χ2v) is 24.6. The molecule has 34 atom stereocenters. The topological polar surface area (TPSA) is 396 Å². The average molecular weight is 1100 g/mol. The summed E-state index contributed by atoms with van der Waals surface area (Å²) in [7, 11) is 0. The molecule has 10 rings (SSSR count). The van der Waals surface area contributed by atoms with Gasteiger partial charge in [0, 0.05) is 12.3 Å². The molecule has 0 radical (unpaired) electrons. The van der Waals surface area contributed by atoms with Gasteiger partial charge in [0.15, 0.2) is 30.9 Å². The van der Waals surface area contributed by atoms with Crippen molar-refractivity contribution in [1.82, 2.24) is 0 Å². The van der Waals surface area contributed by atoms with Gasteiger partial charge in [-0.05, 0) is 91.3 Å². The Kier molecular flexibility index (Phi) is 17.1. The molecule has 25 nitrogen and oxygen atoms in total. The van der Waals surface area contributed by atoms with E-state index >= 15 is 0 Å². The van der Waals surface area contributed by atoms with Crippen molar-refractivity contribution in [1.29, 1.82) is 0 Å². The normalized spacial score (nSPS) is 58.4. The van der Waals surface area contributed by atoms with Gasteiger partial charge < -0.3 is 124 Å². The molecule has 6 saturated heterocycles. The lowest BCUT2D eigenvalue weighted by Crippen LogP contribution is -2.69. The monoisotopic (exact) mass is 1100 g/mol. The van der Waals surface area contributed by atoms with Crippen LogP contribution in [0.25, 0.3) is 0 Å². The van der Waals surface area contributed by atoms with Crippen LogP contribution >= 0.6 is 0 Å². The quantitative estimate of drug-likeness (QED) is 0.0814. The molecule has 10 fully saturated rings. The highest BCUT2D eigenvalue weighted by Crippen LogP contribution is 2.71. The summed E-state index contributed by atoms with van der Waals surface area (Å²) in [5, 5.41) is 164. The van der Waals surface area contributed by atoms with Gasteiger partial charge in [0.2, 0.25) is 0 Å². The molecule has 4 saturated carbocycles. The molecule has 25 heteroatoms. The summed E-state index contributed by atoms with van der Waals surface area (Å²) in [6, 6.07) is 0. The molecular weight excluding hydrogens is 1010 g/mol. The Morgan fingerprint density at radius 3 is 1.61 bits per heavy atom. The Hall–Kier alpha value is -1.00. The zero-order chi connectivity index (χ0) is 54.7. The Morgan fingerprint density at radius 2 is 1.01 bits per heavy atom. The second kappa shape index (κ2) is 22.3. The smallest absolute Gasteiger partial charge is 0.187 e. The summed E-state index contributed by atoms with van der Waals surface area (Å²) in [5.74, 6) is 0.914. The first-order valence-electron chi connectivity index (χ1n) is 27.5. The van der Waals surface area contributed by atoms with E-state index in [1.807, 2.05) is 0 Å². The molecule has 0 bridgehead atoms. The van der Waals surface area contributed by atoms with Crippen LogP contribution in [-0.4, -0.2) is 263 Å². The van der Waals surface area contributed by atoms with Crippen LogP contribution < -0.4 is 0 Å². The van der Waals surface area contributed by atoms with Gasteiger partial charge >= 0.3 is 0 Å². The van der Waals surface area contributed by atoms with Crippen LogP contribution in [-0.2, 0) is 47.4 Å². The number of ether oxygens (including phenoxy) is 10. The number of aliphatic hydroxyl groups excluding tert-OH is 15. The van der Waals surface area contributed by atoms with Crippen molar-refractivity contribution < 1.29 is 124 Å². The van der Waals surface area contributed by atoms with E-state index in [2.05, 4.69) is 27.7 Å². The van der Waals surface area contributed by atoms with Crippen molar-refractivity contribution >= 4 is 0 Å². The van der Waals surface area contributed by atoms with Crippen LogP contribution in [0.3, 0.4) is 0 Å². The molecule has 10 aliphatic rings. The molecular formula is C51H84O25. The van der Waals surface area contributed by atoms with Gasteiger partial charge in [-0.2, -0.15) is 0 Å². The Morgan fingerprint density at radius 1 is 0.474 bits per heavy atom. The molecule has 76 heavy (non-hydrogen) atoms. The summed E-state index contributed by atoms with van der Waals surface area (Å²) >= 11 is 0. The molecule has 0 aromatic rings. The van der Waals surface area contributed by atoms with Crippen molar-refractivity contribution in [2.45, 2.75) is 232 Å². The van der Waals surface area contributed by atoms with Crippen LogP contribution in [0, 0.1) is 52.3 Å². The SMILES string of the molecule is CC1CCC2(OC1)OC1CC3C4CC(O)C5CC(OC6OC(CO)C(OC7OC(CO)C(O)C(OC8OC(CO)C(O)C(O)C8O)C7OC7OC(CO)C(O)C(O)C7O)C(O)C6O)C(O)CC5(C)C4CCC3(C)C1C2C. The zero-order valence-electron chi connectivity index (χ0n) is 43.4. The molecule has 4 aliphatic carbocycles. The van der Waals surface area contributed by atoms with E-state index in [1.54, 1.807) is 0 Å². The van der Waals surface area contributed by atoms with Crippen LogP contribution in [0.1, 0.15) is 79.1 Å². The van der Waals surface area contributed by atoms with Crippen LogP contribution in [0.5, 0.6) is 0 Å². The number of hydrogen-bond acceptors (Lipinski definition) is 25. The number of fused-ring (bicyclic) bond motifs is 7. The fourth-order valence-electron chi connectivity index (χ4n) is 16.3. The Labute approximate surface area is 440 Å². The third-order valence-electron chi connectivity index (χ3n) is 20.4. The minimum absolute atomic E-state index is 0.00414. The maximum atomic E-state index is 12.1. The van der Waals surface area contributed by atoms with Gasteiger partial charge in [-0.25, -0.2) is 0 Å². The number of hydrogen-bond donors (Lipinski definition) is 15. The first-order chi connectivity index (χ1) is 36.0. The van der Waals surface area contributed by atoms with Crippen LogP contribution in [0.15, 0.2) is 0 Å². The first-order valence-corrected chi connectivity index (χ1v) is 27.5. The molecule has 0 aromatic heterocycles. The highest BCUT2D eigenvalue weighted by molar-refractivity contribution is 5.17. The fraction of sp³-hybridized carbons (Fsp3) is 1.00. The molecule has 0 aromatic carbocycles. The fourth-order valence-corrected chi connectivity index (χ4v) is 16.3. The molecule has 6 heterocycles. The van der Waals surface area contributed by atoms with Crippen molar-refractivity contribution in [2.24, 2.45) is 52.3 Å². The van der Waals surface area contributed by atoms with E-state index in [9.17, 15) is 76.6 Å². The van der Waals surface area contributed by atoms with E-state index in [4.69, 9.17) is 47.4 Å². The molecule has 0 amide bonds. The maximum absolute atomic E-state index is 12.1. The van der Waals surface area contributed by atoms with E-state index < -0.39 is 179 Å². The summed E-state index contributed by atoms with van der Waals surface area (Å²) in [4.78, 5) is 0. The lowest BCUT2D eigenvalue weighted by atomic mass is 9.43. The van der Waals surface area contributed by atoms with Crippen molar-refractivity contribution in [2.75, 3.05) is 33.0 Å². The third-order valence-corrected chi connectivity index (χ3v) is 20.4. The van der Waals surface area contributed by atoms with Gasteiger partial charge in [0.25, 0.3) is 0 Å². The first kappa shape index (κ1) is 58.2. The van der Waals surface area contributed by atoms with E-state index in [0.717, 1.165) is 32.1 Å². The molecule has 1 spiro atoms. The minimum atomic E-state index is -2.07. The van der Waals surface area contributed by atoms with E-state index in [0.29, 0.717) is 30.8 Å². The Bertz CT molecular complexity index is 1950. The zero-order valence-corrected chi connectivity index (χ0v) is 43.4. The highest BCUT2D eigenvalue weighted by atomic mass is 16.8. The van der Waals surface area contributed by atoms with E-state index in [1.165, 1.54) is 0 Å². The van der Waals surface area contributed by atoms with Gasteiger partial charge in [0.05, 0.1) is 57.5 Å². The van der Waals surface area contributed by atoms with E-state index in [-0.39, 0.29) is 48.0 Å². The van der Waals surface area contributed by atoms with Gasteiger partial charge in [-0.3, -0.25) is 0 Å². The summed E-state index contributed by atoms with van der Waals surface area (Å²) < 4.78 is 61.0. The molecule has 6 aliphatic heterocycles. The summed E-state index contributed by atoms with van der Waals surface area (Å²) in [6.45, 7) is 6.15. The average Bonchev–Trinajstić information content (AvgIpc) is 3.85. The molecule has 438 valence electrons. The predicted molar refractivity (Wildman–Crippen MR) is 251 cm³/mol. The predicted octanol–water partition coefficient (Wildman–Crippen LogP) is -4.97. The van der Waals surface area contributed by atoms with Gasteiger partial charge in [-0.15, -0.1) is 0 Å². The third kappa shape index (κ3) is 9.75. The van der Waals surface area contributed by atoms with Gasteiger partial charge in [0.1, 0.15) is 97.7 Å². The minimum Gasteiger partial charge on any atom is -0.394 e. The lowest BCUT2D eigenvalue weighted by molar-refractivity contribution is -0.407. The summed E-state index contributed by atoms with van der Waals surface area (Å²) in [5.41, 5.74) is -0.483. The van der Waals surface area contributed by atoms with Crippen LogP contribution in [0.2, 0.25) is 0 Å². The standard InChI is InChI=1S/C51H84O25/c1-18-5-8-51(67-17-18)19(2)32-27(76-51)10-22-20-9-24(56)23-11-26(25(57)12-50(23,4)21(20)6-7-49(22,32)3)68-45-41(66)38(63)42(31(16-55)72-45)73-48-44(75-47-40(65)37(62)34(59)29(14-53)70-47)43(35(60)30(15-54)71-48)74-46-39(64)36(61)33(58)28(13-52)69-46/h18-48,52-66H,5-17H2,1-4H3. The molecule has 34 unspecified atom stereocenters. The van der Waals surface area contributed by atoms with Crippen molar-refractivity contribution in [3.05, 3.63) is 0 Å². The summed E-state index contributed by atoms with van der Waals surface area (Å²) in [6.07, 6.45) is -34.2. The van der Waals surface area contributed by atoms with Crippen molar-refractivity contribution in [3.8, 4) is 0 Å². The lowest BCUT2D eigenvalue weighted by Gasteiger charge is -2.63. The maximum Gasteiger partial charge on any atom is 0.187 e. The largest absolute Gasteiger partial charge is 0.394 e. The number of rotatable bonds is 12. The Balaban J connectivity index is 0.841. The second-order valence-electron chi connectivity index (χ2n) is 24.6. The van der Waals surface area contributed by atoms with Crippen LogP contribution in [0.4, 0.5) is 0 Å². The van der Waals surface area contributed by atoms with Crippen molar-refractivity contribution in [3.63, 3.8) is 0 Å². The number of aliphatic hydroxyl groups is 15. The van der Waals surface area contributed by atoms with Gasteiger partial charge in [-0.1, -0.05) is 27.7 Å².